The summed E-state index contributed by atoms with van der Waals surface area (Å²) in [6.45, 7) is 6.48. The van der Waals surface area contributed by atoms with Crippen molar-refractivity contribution in [3.05, 3.63) is 12.7 Å². The van der Waals surface area contributed by atoms with Crippen LogP contribution >= 0.6 is 0 Å². The highest BCUT2D eigenvalue weighted by molar-refractivity contribution is 7.86. The normalized spacial score (nSPS) is 11.3. The minimum atomic E-state index is -3.78. The third kappa shape index (κ3) is 6.30. The van der Waals surface area contributed by atoms with Crippen molar-refractivity contribution in [3.63, 3.8) is 0 Å². The standard InChI is InChI=1S/C7H12O5S/c1-4-7(8)11-12-13(9,10)5-6(2)3/h4,6H,1,5H2,2-3H3. The summed E-state index contributed by atoms with van der Waals surface area (Å²) < 4.78 is 25.8. The van der Waals surface area contributed by atoms with Crippen molar-refractivity contribution < 1.29 is 22.4 Å². The lowest BCUT2D eigenvalue weighted by Crippen LogP contribution is -2.16. The number of carbonyl (C=O) groups is 1. The predicted molar refractivity (Wildman–Crippen MR) is 46.0 cm³/mol. The van der Waals surface area contributed by atoms with Gasteiger partial charge in [0.15, 0.2) is 0 Å². The summed E-state index contributed by atoms with van der Waals surface area (Å²) >= 11 is 0. The van der Waals surface area contributed by atoms with Crippen LogP contribution in [0.5, 0.6) is 0 Å². The molecule has 0 aromatic heterocycles. The topological polar surface area (TPSA) is 69.7 Å². The Bertz CT molecular complexity index is 277. The molecule has 0 amide bonds. The summed E-state index contributed by atoms with van der Waals surface area (Å²) in [5, 5.41) is 0. The van der Waals surface area contributed by atoms with E-state index in [9.17, 15) is 13.2 Å². The highest BCUT2D eigenvalue weighted by atomic mass is 32.2. The zero-order valence-corrected chi connectivity index (χ0v) is 8.33. The molecular formula is C7H12O5S. The van der Waals surface area contributed by atoms with Crippen LogP contribution in [-0.4, -0.2) is 20.1 Å². The molecule has 0 atom stereocenters. The van der Waals surface area contributed by atoms with E-state index in [4.69, 9.17) is 0 Å². The van der Waals surface area contributed by atoms with Crippen LogP contribution in [0.4, 0.5) is 0 Å². The first kappa shape index (κ1) is 12.1. The van der Waals surface area contributed by atoms with Crippen molar-refractivity contribution in [2.45, 2.75) is 13.8 Å². The van der Waals surface area contributed by atoms with Gasteiger partial charge in [0, 0.05) is 6.08 Å². The van der Waals surface area contributed by atoms with E-state index < -0.39 is 16.1 Å². The lowest BCUT2D eigenvalue weighted by molar-refractivity contribution is -0.204. The Morgan fingerprint density at radius 2 is 2.08 bits per heavy atom. The molecule has 0 bridgehead atoms. The van der Waals surface area contributed by atoms with E-state index in [0.717, 1.165) is 6.08 Å². The Kier molecular flexibility index (Phi) is 4.64. The van der Waals surface area contributed by atoms with Gasteiger partial charge >= 0.3 is 16.1 Å². The van der Waals surface area contributed by atoms with Crippen LogP contribution in [0.3, 0.4) is 0 Å². The Hall–Kier alpha value is -0.880. The summed E-state index contributed by atoms with van der Waals surface area (Å²) in [7, 11) is -3.78. The third-order valence-electron chi connectivity index (χ3n) is 0.924. The minimum Gasteiger partial charge on any atom is -0.277 e. The largest absolute Gasteiger partial charge is 0.366 e. The molecule has 6 heteroatoms. The number of carbonyl (C=O) groups excluding carboxylic acids is 1. The molecule has 0 aliphatic carbocycles. The van der Waals surface area contributed by atoms with E-state index >= 15 is 0 Å². The molecule has 0 aliphatic rings. The Balaban J connectivity index is 4.04. The second-order valence-corrected chi connectivity index (χ2v) is 4.38. The molecule has 0 rings (SSSR count). The lowest BCUT2D eigenvalue weighted by atomic mass is 10.3. The van der Waals surface area contributed by atoms with Crippen molar-refractivity contribution in [1.82, 2.24) is 0 Å². The zero-order chi connectivity index (χ0) is 10.5. The summed E-state index contributed by atoms with van der Waals surface area (Å²) in [5.74, 6) is -1.22. The van der Waals surface area contributed by atoms with Gasteiger partial charge in [0.25, 0.3) is 0 Å². The average molecular weight is 208 g/mol. The molecule has 0 aromatic carbocycles. The second kappa shape index (κ2) is 4.98. The van der Waals surface area contributed by atoms with Gasteiger partial charge in [-0.15, -0.1) is 0 Å². The first-order valence-electron chi connectivity index (χ1n) is 3.62. The Morgan fingerprint density at radius 3 is 2.46 bits per heavy atom. The van der Waals surface area contributed by atoms with E-state index in [0.29, 0.717) is 0 Å². The van der Waals surface area contributed by atoms with Crippen LogP contribution in [0.2, 0.25) is 0 Å². The number of hydrogen-bond acceptors (Lipinski definition) is 5. The molecule has 76 valence electrons. The van der Waals surface area contributed by atoms with Gasteiger partial charge in [-0.05, 0) is 5.92 Å². The molecule has 5 nitrogen and oxygen atoms in total. The Labute approximate surface area is 77.4 Å². The van der Waals surface area contributed by atoms with Gasteiger partial charge < -0.3 is 0 Å². The fourth-order valence-corrected chi connectivity index (χ4v) is 1.60. The van der Waals surface area contributed by atoms with Gasteiger partial charge in [-0.1, -0.05) is 24.8 Å². The van der Waals surface area contributed by atoms with Gasteiger partial charge in [0.1, 0.15) is 0 Å². The first-order valence-corrected chi connectivity index (χ1v) is 5.20. The van der Waals surface area contributed by atoms with Crippen LogP contribution in [0.1, 0.15) is 13.8 Å². The molecule has 0 radical (unpaired) electrons. The van der Waals surface area contributed by atoms with E-state index in [1.54, 1.807) is 13.8 Å². The first-order chi connectivity index (χ1) is 5.87. The third-order valence-corrected chi connectivity index (χ3v) is 2.27. The SMILES string of the molecule is C=CC(=O)OOS(=O)(=O)CC(C)C. The molecule has 0 unspecified atom stereocenters. The van der Waals surface area contributed by atoms with Gasteiger partial charge in [-0.25, -0.2) is 4.79 Å². The van der Waals surface area contributed by atoms with Crippen LogP contribution in [0.15, 0.2) is 12.7 Å². The van der Waals surface area contributed by atoms with Crippen LogP contribution in [0.25, 0.3) is 0 Å². The van der Waals surface area contributed by atoms with Gasteiger partial charge in [-0.3, -0.25) is 4.89 Å². The highest BCUT2D eigenvalue weighted by Gasteiger charge is 2.16. The molecule has 0 fully saturated rings. The van der Waals surface area contributed by atoms with E-state index in [1.165, 1.54) is 0 Å². The molecule has 0 N–H and O–H groups in total. The fourth-order valence-electron chi connectivity index (χ4n) is 0.555. The maximum absolute atomic E-state index is 10.9. The lowest BCUT2D eigenvalue weighted by Gasteiger charge is -2.04. The summed E-state index contributed by atoms with van der Waals surface area (Å²) in [5.41, 5.74) is 0. The molecule has 0 saturated heterocycles. The zero-order valence-electron chi connectivity index (χ0n) is 7.52. The van der Waals surface area contributed by atoms with Crippen molar-refractivity contribution in [1.29, 1.82) is 0 Å². The van der Waals surface area contributed by atoms with Gasteiger partial charge in [0.2, 0.25) is 0 Å². The van der Waals surface area contributed by atoms with Crippen molar-refractivity contribution in [2.75, 3.05) is 5.75 Å². The van der Waals surface area contributed by atoms with E-state index in [1.807, 2.05) is 0 Å². The Morgan fingerprint density at radius 1 is 1.54 bits per heavy atom. The smallest absolute Gasteiger partial charge is 0.277 e. The van der Waals surface area contributed by atoms with E-state index in [-0.39, 0.29) is 11.7 Å². The van der Waals surface area contributed by atoms with Crippen molar-refractivity contribution in [3.8, 4) is 0 Å². The second-order valence-electron chi connectivity index (χ2n) is 2.79. The molecule has 0 spiro atoms. The fraction of sp³-hybridized carbons (Fsp3) is 0.571. The molecular weight excluding hydrogens is 196 g/mol. The van der Waals surface area contributed by atoms with Gasteiger partial charge in [0.05, 0.1) is 5.75 Å². The summed E-state index contributed by atoms with van der Waals surface area (Å²) in [6, 6.07) is 0. The van der Waals surface area contributed by atoms with Crippen molar-refractivity contribution in [2.24, 2.45) is 5.92 Å². The monoisotopic (exact) mass is 208 g/mol. The van der Waals surface area contributed by atoms with E-state index in [2.05, 4.69) is 15.8 Å². The quantitative estimate of drug-likeness (QED) is 0.376. The molecule has 0 heterocycles. The maximum atomic E-state index is 10.9. The van der Waals surface area contributed by atoms with Crippen LogP contribution < -0.4 is 0 Å². The summed E-state index contributed by atoms with van der Waals surface area (Å²) in [6.07, 6.45) is 0.810. The number of rotatable bonds is 5. The summed E-state index contributed by atoms with van der Waals surface area (Å²) in [4.78, 5) is 14.3. The van der Waals surface area contributed by atoms with Crippen LogP contribution in [0, 0.1) is 5.92 Å². The average Bonchev–Trinajstić information content (AvgIpc) is 1.98. The molecule has 0 saturated carbocycles. The molecule has 13 heavy (non-hydrogen) atoms. The van der Waals surface area contributed by atoms with Gasteiger partial charge in [-0.2, -0.15) is 8.42 Å². The van der Waals surface area contributed by atoms with Crippen LogP contribution in [-0.2, 0) is 24.1 Å². The molecule has 0 aliphatic heterocycles. The van der Waals surface area contributed by atoms with Crippen molar-refractivity contribution >= 4 is 16.1 Å². The minimum absolute atomic E-state index is 0.0903. The number of hydrogen-bond donors (Lipinski definition) is 0. The maximum Gasteiger partial charge on any atom is 0.366 e. The highest BCUT2D eigenvalue weighted by Crippen LogP contribution is 2.02. The predicted octanol–water partition coefficient (Wildman–Crippen LogP) is 0.633. The molecule has 0 aromatic rings.